The van der Waals surface area contributed by atoms with E-state index in [1.54, 1.807) is 12.1 Å². The first kappa shape index (κ1) is 24.1. The average molecular weight is 509 g/mol. The minimum atomic E-state index is -0.148. The summed E-state index contributed by atoms with van der Waals surface area (Å²) in [5.74, 6) is 0.586. The monoisotopic (exact) mass is 508 g/mol. The van der Waals surface area contributed by atoms with Crippen LogP contribution >= 0.6 is 23.2 Å². The number of amides is 2. The van der Waals surface area contributed by atoms with Gasteiger partial charge in [-0.1, -0.05) is 66.4 Å². The van der Waals surface area contributed by atoms with Crippen molar-refractivity contribution in [3.63, 3.8) is 0 Å². The number of likely N-dealkylation sites (tertiary alicyclic amines) is 1. The predicted octanol–water partition coefficient (Wildman–Crippen LogP) is 6.91. The lowest BCUT2D eigenvalue weighted by atomic mass is 9.78. The standard InChI is InChI=1S/C29H30Cl2N2O2/c30-25-14-11-19(18-26(25)31)15-16-32-28(34)23-12-13-24(22-9-3-2-8-21(22)23)29(35)33-17-5-7-20-6-1-4-10-27(20)33/h2-3,8-9,11-14,18,20,27H,1,4-7,10,15-17H2,(H,32,34)/t20-,27-/m0/s1. The van der Waals surface area contributed by atoms with Crippen LogP contribution in [0.3, 0.4) is 0 Å². The number of hydrogen-bond donors (Lipinski definition) is 1. The molecule has 1 saturated carbocycles. The number of carbonyl (C=O) groups is 2. The van der Waals surface area contributed by atoms with Crippen LogP contribution in [0.15, 0.2) is 54.6 Å². The van der Waals surface area contributed by atoms with Crippen molar-refractivity contribution in [1.29, 1.82) is 0 Å². The summed E-state index contributed by atoms with van der Waals surface area (Å²) < 4.78 is 0. The Bertz CT molecular complexity index is 1260. The predicted molar refractivity (Wildman–Crippen MR) is 142 cm³/mol. The highest BCUT2D eigenvalue weighted by molar-refractivity contribution is 6.42. The zero-order valence-corrected chi connectivity index (χ0v) is 21.2. The maximum atomic E-state index is 13.7. The van der Waals surface area contributed by atoms with Crippen LogP contribution in [0, 0.1) is 5.92 Å². The Balaban J connectivity index is 1.35. The Morgan fingerprint density at radius 1 is 0.857 bits per heavy atom. The van der Waals surface area contributed by atoms with Gasteiger partial charge in [0.25, 0.3) is 11.8 Å². The number of hydrogen-bond acceptors (Lipinski definition) is 2. The van der Waals surface area contributed by atoms with Crippen LogP contribution in [0.1, 0.15) is 64.8 Å². The highest BCUT2D eigenvalue weighted by Crippen LogP contribution is 2.36. The molecule has 0 unspecified atom stereocenters. The van der Waals surface area contributed by atoms with Gasteiger partial charge in [-0.25, -0.2) is 0 Å². The van der Waals surface area contributed by atoms with E-state index in [9.17, 15) is 9.59 Å². The van der Waals surface area contributed by atoms with Crippen LogP contribution in [-0.2, 0) is 6.42 Å². The summed E-state index contributed by atoms with van der Waals surface area (Å²) in [6.45, 7) is 1.30. The molecule has 1 aliphatic heterocycles. The van der Waals surface area contributed by atoms with E-state index in [4.69, 9.17) is 23.2 Å². The van der Waals surface area contributed by atoms with E-state index in [1.165, 1.54) is 25.7 Å². The van der Waals surface area contributed by atoms with Crippen molar-refractivity contribution < 1.29 is 9.59 Å². The normalized spacial score (nSPS) is 19.9. The molecule has 5 rings (SSSR count). The van der Waals surface area contributed by atoms with E-state index in [0.717, 1.165) is 35.7 Å². The van der Waals surface area contributed by atoms with Crippen LogP contribution in [0.4, 0.5) is 0 Å². The lowest BCUT2D eigenvalue weighted by Gasteiger charge is -2.44. The third kappa shape index (κ3) is 5.05. The molecule has 2 amide bonds. The smallest absolute Gasteiger partial charge is 0.254 e. The molecule has 182 valence electrons. The number of carbonyl (C=O) groups excluding carboxylic acids is 2. The van der Waals surface area contributed by atoms with Crippen molar-refractivity contribution in [2.45, 2.75) is 51.0 Å². The molecule has 1 saturated heterocycles. The number of fused-ring (bicyclic) bond motifs is 2. The molecule has 1 heterocycles. The summed E-state index contributed by atoms with van der Waals surface area (Å²) in [7, 11) is 0. The van der Waals surface area contributed by atoms with Crippen LogP contribution < -0.4 is 5.32 Å². The zero-order valence-electron chi connectivity index (χ0n) is 19.7. The second-order valence-electron chi connectivity index (χ2n) is 9.71. The number of rotatable bonds is 5. The maximum Gasteiger partial charge on any atom is 0.254 e. The lowest BCUT2D eigenvalue weighted by Crippen LogP contribution is -2.49. The molecule has 35 heavy (non-hydrogen) atoms. The molecule has 4 nitrogen and oxygen atoms in total. The number of piperidine rings is 1. The highest BCUT2D eigenvalue weighted by atomic mass is 35.5. The van der Waals surface area contributed by atoms with Crippen molar-refractivity contribution in [1.82, 2.24) is 10.2 Å². The molecular weight excluding hydrogens is 479 g/mol. The summed E-state index contributed by atoms with van der Waals surface area (Å²) in [5, 5.41) is 5.69. The minimum absolute atomic E-state index is 0.101. The fraction of sp³-hybridized carbons (Fsp3) is 0.379. The number of nitrogens with one attached hydrogen (secondary N) is 1. The van der Waals surface area contributed by atoms with Crippen LogP contribution in [0.25, 0.3) is 10.8 Å². The van der Waals surface area contributed by atoms with Gasteiger partial charge in [-0.15, -0.1) is 0 Å². The van der Waals surface area contributed by atoms with Gasteiger partial charge in [-0.2, -0.15) is 0 Å². The molecule has 2 aliphatic rings. The molecule has 0 radical (unpaired) electrons. The van der Waals surface area contributed by atoms with Gasteiger partial charge in [-0.05, 0) is 78.6 Å². The van der Waals surface area contributed by atoms with E-state index >= 15 is 0 Å². The summed E-state index contributed by atoms with van der Waals surface area (Å²) in [4.78, 5) is 28.9. The Kier molecular flexibility index (Phi) is 7.31. The van der Waals surface area contributed by atoms with E-state index in [2.05, 4.69) is 10.2 Å². The van der Waals surface area contributed by atoms with Gasteiger partial charge in [0.2, 0.25) is 0 Å². The molecule has 3 aromatic carbocycles. The van der Waals surface area contributed by atoms with Crippen molar-refractivity contribution in [2.75, 3.05) is 13.1 Å². The van der Waals surface area contributed by atoms with Gasteiger partial charge in [-0.3, -0.25) is 9.59 Å². The van der Waals surface area contributed by atoms with Crippen LogP contribution in [-0.4, -0.2) is 35.8 Å². The van der Waals surface area contributed by atoms with Crippen molar-refractivity contribution >= 4 is 45.8 Å². The first-order valence-electron chi connectivity index (χ1n) is 12.6. The summed E-state index contributed by atoms with van der Waals surface area (Å²) >= 11 is 12.1. The molecule has 1 aliphatic carbocycles. The Hall–Kier alpha value is -2.56. The fourth-order valence-electron chi connectivity index (χ4n) is 5.83. The Morgan fingerprint density at radius 2 is 1.57 bits per heavy atom. The van der Waals surface area contributed by atoms with Gasteiger partial charge in [0.15, 0.2) is 0 Å². The quantitative estimate of drug-likeness (QED) is 0.406. The highest BCUT2D eigenvalue weighted by Gasteiger charge is 2.36. The van der Waals surface area contributed by atoms with Gasteiger partial charge in [0.1, 0.15) is 0 Å². The van der Waals surface area contributed by atoms with E-state index < -0.39 is 0 Å². The van der Waals surface area contributed by atoms with Crippen molar-refractivity contribution in [2.24, 2.45) is 5.92 Å². The third-order valence-electron chi connectivity index (χ3n) is 7.59. The van der Waals surface area contributed by atoms with Crippen molar-refractivity contribution in [3.05, 3.63) is 81.3 Å². The van der Waals surface area contributed by atoms with Gasteiger partial charge < -0.3 is 10.2 Å². The fourth-order valence-corrected chi connectivity index (χ4v) is 6.15. The van der Waals surface area contributed by atoms with Crippen LogP contribution in [0.5, 0.6) is 0 Å². The SMILES string of the molecule is O=C(NCCc1ccc(Cl)c(Cl)c1)c1ccc(C(=O)N2CCC[C@@H]3CCCC[C@@H]32)c2ccccc12. The maximum absolute atomic E-state index is 13.7. The number of benzene rings is 3. The minimum Gasteiger partial charge on any atom is -0.352 e. The third-order valence-corrected chi connectivity index (χ3v) is 8.33. The molecule has 2 atom stereocenters. The first-order chi connectivity index (χ1) is 17.0. The first-order valence-corrected chi connectivity index (χ1v) is 13.3. The van der Waals surface area contributed by atoms with Crippen molar-refractivity contribution in [3.8, 4) is 0 Å². The van der Waals surface area contributed by atoms with Gasteiger partial charge in [0, 0.05) is 30.3 Å². The molecule has 0 bridgehead atoms. The van der Waals surface area contributed by atoms with Crippen LogP contribution in [0.2, 0.25) is 10.0 Å². The molecule has 0 aromatic heterocycles. The van der Waals surface area contributed by atoms with Gasteiger partial charge >= 0.3 is 0 Å². The van der Waals surface area contributed by atoms with E-state index in [0.29, 0.717) is 46.1 Å². The molecule has 6 heteroatoms. The zero-order chi connectivity index (χ0) is 24.4. The number of halogens is 2. The summed E-state index contributed by atoms with van der Waals surface area (Å²) in [6, 6.07) is 17.2. The lowest BCUT2D eigenvalue weighted by molar-refractivity contribution is 0.0392. The molecular formula is C29H30Cl2N2O2. The summed E-state index contributed by atoms with van der Waals surface area (Å²) in [6.07, 6.45) is 7.77. The Morgan fingerprint density at radius 3 is 2.37 bits per heavy atom. The summed E-state index contributed by atoms with van der Waals surface area (Å²) in [5.41, 5.74) is 2.28. The topological polar surface area (TPSA) is 49.4 Å². The van der Waals surface area contributed by atoms with E-state index in [-0.39, 0.29) is 11.8 Å². The molecule has 1 N–H and O–H groups in total. The Labute approximate surface area is 216 Å². The second-order valence-corrected chi connectivity index (χ2v) is 10.5. The van der Waals surface area contributed by atoms with Gasteiger partial charge in [0.05, 0.1) is 10.0 Å². The average Bonchev–Trinajstić information content (AvgIpc) is 2.89. The second kappa shape index (κ2) is 10.6. The molecule has 0 spiro atoms. The number of nitrogens with zero attached hydrogens (tertiary/aromatic N) is 1. The van der Waals surface area contributed by atoms with E-state index in [1.807, 2.05) is 42.5 Å². The molecule has 2 fully saturated rings. The molecule has 3 aromatic rings. The largest absolute Gasteiger partial charge is 0.352 e.